The second kappa shape index (κ2) is 16.1. The highest BCUT2D eigenvalue weighted by Crippen LogP contribution is 2.38. The molecule has 0 heterocycles. The predicted octanol–water partition coefficient (Wildman–Crippen LogP) is 4.26. The van der Waals surface area contributed by atoms with Gasteiger partial charge in [0.25, 0.3) is 10.0 Å². The quantitative estimate of drug-likeness (QED) is 0.240. The summed E-state index contributed by atoms with van der Waals surface area (Å²) in [4.78, 5) is 29.1. The molecule has 0 unspecified atom stereocenters. The van der Waals surface area contributed by atoms with E-state index in [1.807, 2.05) is 13.8 Å². The Morgan fingerprint density at radius 1 is 0.783 bits per heavy atom. The van der Waals surface area contributed by atoms with Crippen molar-refractivity contribution in [1.29, 1.82) is 0 Å². The number of ether oxygens (including phenoxy) is 5. The van der Waals surface area contributed by atoms with Crippen molar-refractivity contribution in [3.63, 3.8) is 0 Å². The number of carbonyl (C=O) groups excluding carboxylic acids is 2. The van der Waals surface area contributed by atoms with Crippen LogP contribution in [0.5, 0.6) is 28.7 Å². The molecule has 3 aromatic rings. The van der Waals surface area contributed by atoms with Crippen LogP contribution in [0.15, 0.2) is 65.6 Å². The van der Waals surface area contributed by atoms with E-state index in [2.05, 4.69) is 5.32 Å². The Morgan fingerprint density at radius 2 is 1.41 bits per heavy atom. The molecule has 0 bridgehead atoms. The Bertz CT molecular complexity index is 1610. The second-order valence-electron chi connectivity index (χ2n) is 10.5. The predicted molar refractivity (Wildman–Crippen MR) is 175 cm³/mol. The third kappa shape index (κ3) is 8.33. The lowest BCUT2D eigenvalue weighted by atomic mass is 10.1. The molecule has 1 N–H and O–H groups in total. The zero-order valence-electron chi connectivity index (χ0n) is 27.5. The summed E-state index contributed by atoms with van der Waals surface area (Å²) >= 11 is 0. The highest BCUT2D eigenvalue weighted by Gasteiger charge is 2.35. The maximum absolute atomic E-state index is 14.5. The van der Waals surface area contributed by atoms with E-state index in [1.165, 1.54) is 64.7 Å². The Balaban J connectivity index is 2.21. The van der Waals surface area contributed by atoms with Crippen molar-refractivity contribution in [1.82, 2.24) is 10.2 Å². The van der Waals surface area contributed by atoms with Crippen molar-refractivity contribution in [3.05, 3.63) is 66.2 Å². The average Bonchev–Trinajstić information content (AvgIpc) is 3.05. The van der Waals surface area contributed by atoms with Crippen LogP contribution < -0.4 is 33.3 Å². The summed E-state index contributed by atoms with van der Waals surface area (Å²) in [6.45, 7) is 4.78. The van der Waals surface area contributed by atoms with Gasteiger partial charge in [-0.25, -0.2) is 8.42 Å². The van der Waals surface area contributed by atoms with Gasteiger partial charge in [0.2, 0.25) is 11.8 Å². The molecule has 0 saturated carbocycles. The van der Waals surface area contributed by atoms with Gasteiger partial charge in [0.1, 0.15) is 29.8 Å². The Kier molecular flexibility index (Phi) is 12.5. The molecular formula is C33H43N3O9S. The number of nitrogens with zero attached hydrogens (tertiary/aromatic N) is 2. The Hall–Kier alpha value is -4.65. The average molecular weight is 658 g/mol. The number of nitrogens with one attached hydrogen (secondary N) is 1. The molecule has 2 amide bonds. The maximum Gasteiger partial charge on any atom is 0.265 e. The molecule has 1 atom stereocenters. The van der Waals surface area contributed by atoms with Gasteiger partial charge in [0.15, 0.2) is 11.5 Å². The van der Waals surface area contributed by atoms with Crippen LogP contribution in [0.1, 0.15) is 32.8 Å². The minimum atomic E-state index is -4.46. The maximum atomic E-state index is 14.5. The van der Waals surface area contributed by atoms with Gasteiger partial charge >= 0.3 is 0 Å². The lowest BCUT2D eigenvalue weighted by molar-refractivity contribution is -0.140. The number of anilines is 1. The lowest BCUT2D eigenvalue weighted by Gasteiger charge is -2.34. The first-order valence-corrected chi connectivity index (χ1v) is 16.1. The second-order valence-corrected chi connectivity index (χ2v) is 12.4. The van der Waals surface area contributed by atoms with Crippen molar-refractivity contribution >= 4 is 27.5 Å². The van der Waals surface area contributed by atoms with E-state index < -0.39 is 28.5 Å². The van der Waals surface area contributed by atoms with Crippen molar-refractivity contribution in [3.8, 4) is 28.7 Å². The molecular weight excluding hydrogens is 614 g/mol. The molecule has 0 aliphatic carbocycles. The zero-order chi connectivity index (χ0) is 34.0. The van der Waals surface area contributed by atoms with Crippen LogP contribution in [0.3, 0.4) is 0 Å². The standard InChI is InChI=1S/C33H43N3O9S/c1-9-27(33(38)34-22(2)3)35(20-23-11-10-12-24(17-23)41-4)32(37)21-36(28-18-25(42-5)13-15-29(28)43-6)46(39,40)26-14-16-30(44-7)31(19-26)45-8/h10-19,22,27H,9,20-21H2,1-8H3,(H,34,38)/t27-/m1/s1. The first kappa shape index (κ1) is 35.8. The Labute approximate surface area is 271 Å². The number of sulfonamides is 1. The third-order valence-electron chi connectivity index (χ3n) is 7.18. The normalized spacial score (nSPS) is 11.8. The number of amides is 2. The van der Waals surface area contributed by atoms with E-state index in [-0.39, 0.29) is 47.0 Å². The molecule has 0 spiro atoms. The molecule has 13 heteroatoms. The van der Waals surface area contributed by atoms with Crippen molar-refractivity contribution in [2.24, 2.45) is 0 Å². The van der Waals surface area contributed by atoms with Gasteiger partial charge in [-0.2, -0.15) is 0 Å². The number of methoxy groups -OCH3 is 5. The summed E-state index contributed by atoms with van der Waals surface area (Å²) < 4.78 is 56.8. The number of benzene rings is 3. The number of hydrogen-bond donors (Lipinski definition) is 1. The van der Waals surface area contributed by atoms with E-state index in [0.717, 1.165) is 4.31 Å². The van der Waals surface area contributed by atoms with Gasteiger partial charge in [-0.15, -0.1) is 0 Å². The molecule has 0 aromatic heterocycles. The zero-order valence-corrected chi connectivity index (χ0v) is 28.3. The van der Waals surface area contributed by atoms with Gasteiger partial charge < -0.3 is 33.9 Å². The summed E-state index contributed by atoms with van der Waals surface area (Å²) in [7, 11) is 2.75. The SMILES string of the molecule is CC[C@H](C(=O)NC(C)C)N(Cc1cccc(OC)c1)C(=O)CN(c1cc(OC)ccc1OC)S(=O)(=O)c1ccc(OC)c(OC)c1. The molecule has 0 fully saturated rings. The van der Waals surface area contributed by atoms with E-state index in [4.69, 9.17) is 23.7 Å². The van der Waals surface area contributed by atoms with Gasteiger partial charge in [0, 0.05) is 24.7 Å². The molecule has 46 heavy (non-hydrogen) atoms. The fourth-order valence-corrected chi connectivity index (χ4v) is 6.31. The fourth-order valence-electron chi connectivity index (χ4n) is 4.88. The molecule has 0 aliphatic rings. The van der Waals surface area contributed by atoms with Crippen LogP contribution in [0.2, 0.25) is 0 Å². The largest absolute Gasteiger partial charge is 0.497 e. The highest BCUT2D eigenvalue weighted by molar-refractivity contribution is 7.92. The van der Waals surface area contributed by atoms with Crippen LogP contribution in [-0.4, -0.2) is 79.3 Å². The third-order valence-corrected chi connectivity index (χ3v) is 8.94. The summed E-state index contributed by atoms with van der Waals surface area (Å²) in [6, 6.07) is 14.8. The summed E-state index contributed by atoms with van der Waals surface area (Å²) in [5.74, 6) is 0.624. The molecule has 12 nitrogen and oxygen atoms in total. The van der Waals surface area contributed by atoms with Crippen molar-refractivity contribution < 1.29 is 41.7 Å². The van der Waals surface area contributed by atoms with Crippen molar-refractivity contribution in [2.45, 2.75) is 50.7 Å². The monoisotopic (exact) mass is 657 g/mol. The molecule has 0 radical (unpaired) electrons. The van der Waals surface area contributed by atoms with Crippen LogP contribution in [-0.2, 0) is 26.2 Å². The summed E-state index contributed by atoms with van der Waals surface area (Å²) in [5, 5.41) is 2.88. The summed E-state index contributed by atoms with van der Waals surface area (Å²) in [5.41, 5.74) is 0.753. The van der Waals surface area contributed by atoms with Gasteiger partial charge in [0.05, 0.1) is 46.1 Å². The van der Waals surface area contributed by atoms with E-state index in [1.54, 1.807) is 43.3 Å². The number of hydrogen-bond acceptors (Lipinski definition) is 9. The van der Waals surface area contributed by atoms with Gasteiger partial charge in [-0.3, -0.25) is 13.9 Å². The summed E-state index contributed by atoms with van der Waals surface area (Å²) in [6.07, 6.45) is 0.277. The van der Waals surface area contributed by atoms with Crippen LogP contribution in [0, 0.1) is 0 Å². The van der Waals surface area contributed by atoms with Crippen LogP contribution >= 0.6 is 0 Å². The molecule has 0 aliphatic heterocycles. The molecule has 250 valence electrons. The number of rotatable bonds is 16. The first-order valence-electron chi connectivity index (χ1n) is 14.6. The topological polar surface area (TPSA) is 133 Å². The minimum absolute atomic E-state index is 0.0134. The first-order chi connectivity index (χ1) is 21.9. The molecule has 3 aromatic carbocycles. The smallest absolute Gasteiger partial charge is 0.265 e. The van der Waals surface area contributed by atoms with Gasteiger partial charge in [-0.05, 0) is 62.2 Å². The van der Waals surface area contributed by atoms with E-state index in [9.17, 15) is 18.0 Å². The minimum Gasteiger partial charge on any atom is -0.497 e. The fraction of sp³-hybridized carbons (Fsp3) is 0.394. The molecule has 0 saturated heterocycles. The highest BCUT2D eigenvalue weighted by atomic mass is 32.2. The van der Waals surface area contributed by atoms with E-state index in [0.29, 0.717) is 22.8 Å². The van der Waals surface area contributed by atoms with Crippen molar-refractivity contribution in [2.75, 3.05) is 46.4 Å². The molecule has 3 rings (SSSR count). The van der Waals surface area contributed by atoms with Crippen LogP contribution in [0.25, 0.3) is 0 Å². The van der Waals surface area contributed by atoms with Crippen LogP contribution in [0.4, 0.5) is 5.69 Å². The Morgan fingerprint density at radius 3 is 2.00 bits per heavy atom. The lowest BCUT2D eigenvalue weighted by Crippen LogP contribution is -2.53. The van der Waals surface area contributed by atoms with Gasteiger partial charge in [-0.1, -0.05) is 19.1 Å². The van der Waals surface area contributed by atoms with E-state index >= 15 is 0 Å². The number of carbonyl (C=O) groups is 2.